The van der Waals surface area contributed by atoms with Gasteiger partial charge in [0.15, 0.2) is 0 Å². The molecule has 0 aromatic carbocycles. The summed E-state index contributed by atoms with van der Waals surface area (Å²) < 4.78 is 0. The fourth-order valence-electron chi connectivity index (χ4n) is 3.97. The van der Waals surface area contributed by atoms with Crippen LogP contribution < -0.4 is 5.32 Å². The van der Waals surface area contributed by atoms with E-state index in [1.54, 1.807) is 0 Å². The van der Waals surface area contributed by atoms with E-state index < -0.39 is 0 Å². The number of hydrogen-bond donors (Lipinski definition) is 1. The maximum Gasteiger partial charge on any atom is 0.0263 e. The van der Waals surface area contributed by atoms with Crippen molar-refractivity contribution < 1.29 is 0 Å². The van der Waals surface area contributed by atoms with Crippen molar-refractivity contribution in [2.45, 2.75) is 57.0 Å². The molecule has 3 rings (SSSR count). The molecule has 2 saturated heterocycles. The first-order chi connectivity index (χ1) is 7.45. The van der Waals surface area contributed by atoms with E-state index in [4.69, 9.17) is 0 Å². The van der Waals surface area contributed by atoms with E-state index in [0.29, 0.717) is 0 Å². The van der Waals surface area contributed by atoms with Crippen molar-refractivity contribution in [1.82, 2.24) is 10.2 Å². The largest absolute Gasteiger partial charge is 0.315 e. The van der Waals surface area contributed by atoms with Crippen LogP contribution in [-0.4, -0.2) is 36.6 Å². The van der Waals surface area contributed by atoms with Gasteiger partial charge in [0.2, 0.25) is 0 Å². The Morgan fingerprint density at radius 3 is 2.60 bits per heavy atom. The molecule has 2 heteroatoms. The molecule has 0 aromatic heterocycles. The van der Waals surface area contributed by atoms with Crippen molar-refractivity contribution in [1.29, 1.82) is 0 Å². The summed E-state index contributed by atoms with van der Waals surface area (Å²) in [6.45, 7) is 3.93. The minimum Gasteiger partial charge on any atom is -0.315 e. The minimum atomic E-state index is 0.891. The Morgan fingerprint density at radius 2 is 1.73 bits per heavy atom. The molecule has 1 aliphatic carbocycles. The van der Waals surface area contributed by atoms with E-state index in [0.717, 1.165) is 18.0 Å². The normalized spacial score (nSPS) is 39.2. The van der Waals surface area contributed by atoms with Crippen LogP contribution in [0, 0.1) is 5.92 Å². The second-order valence-electron chi connectivity index (χ2n) is 5.66. The molecule has 2 heterocycles. The Bertz CT molecular complexity index is 211. The fourth-order valence-corrected chi connectivity index (χ4v) is 3.97. The molecule has 2 unspecified atom stereocenters. The lowest BCUT2D eigenvalue weighted by molar-refractivity contribution is 0.0583. The van der Waals surface area contributed by atoms with Crippen molar-refractivity contribution in [3.8, 4) is 0 Å². The number of hydrogen-bond acceptors (Lipinski definition) is 2. The molecule has 0 bridgehead atoms. The highest BCUT2D eigenvalue weighted by Gasteiger charge is 2.38. The third kappa shape index (κ3) is 1.94. The Balaban J connectivity index is 1.67. The van der Waals surface area contributed by atoms with E-state index in [1.165, 1.54) is 64.6 Å². The number of fused-ring (bicyclic) bond motifs is 1. The van der Waals surface area contributed by atoms with Gasteiger partial charge in [-0.1, -0.05) is 19.3 Å². The minimum absolute atomic E-state index is 0.891. The lowest BCUT2D eigenvalue weighted by Crippen LogP contribution is -2.50. The summed E-state index contributed by atoms with van der Waals surface area (Å²) in [7, 11) is 0. The average molecular weight is 208 g/mol. The molecule has 0 amide bonds. The Morgan fingerprint density at radius 1 is 0.867 bits per heavy atom. The van der Waals surface area contributed by atoms with Crippen LogP contribution in [0.15, 0.2) is 0 Å². The molecule has 2 nitrogen and oxygen atoms in total. The van der Waals surface area contributed by atoms with Crippen LogP contribution in [0.3, 0.4) is 0 Å². The van der Waals surface area contributed by atoms with Crippen LogP contribution in [0.4, 0.5) is 0 Å². The molecule has 86 valence electrons. The topological polar surface area (TPSA) is 15.3 Å². The monoisotopic (exact) mass is 208 g/mol. The highest BCUT2D eigenvalue weighted by molar-refractivity contribution is 4.95. The van der Waals surface area contributed by atoms with E-state index in [2.05, 4.69) is 10.2 Å². The highest BCUT2D eigenvalue weighted by atomic mass is 15.2. The molecule has 1 N–H and O–H groups in total. The van der Waals surface area contributed by atoms with Gasteiger partial charge >= 0.3 is 0 Å². The molecule has 0 radical (unpaired) electrons. The van der Waals surface area contributed by atoms with Gasteiger partial charge in [0, 0.05) is 18.6 Å². The first-order valence-electron chi connectivity index (χ1n) is 6.91. The number of rotatable bonds is 1. The lowest BCUT2D eigenvalue weighted by Gasteiger charge is -2.43. The molecule has 3 aliphatic rings. The Hall–Kier alpha value is -0.0800. The predicted octanol–water partition coefficient (Wildman–Crippen LogP) is 2.00. The van der Waals surface area contributed by atoms with Gasteiger partial charge in [-0.25, -0.2) is 0 Å². The number of nitrogens with one attached hydrogen (secondary N) is 1. The SMILES string of the molecule is C1CCC(N2CCCC3CNCC32)CC1. The maximum absolute atomic E-state index is 3.59. The van der Waals surface area contributed by atoms with Gasteiger partial charge in [-0.05, 0) is 44.7 Å². The predicted molar refractivity (Wildman–Crippen MR) is 63.0 cm³/mol. The summed E-state index contributed by atoms with van der Waals surface area (Å²) in [6.07, 6.45) is 10.3. The van der Waals surface area contributed by atoms with Gasteiger partial charge in [-0.2, -0.15) is 0 Å². The zero-order valence-electron chi connectivity index (χ0n) is 9.75. The van der Waals surface area contributed by atoms with Crippen LogP contribution in [0.25, 0.3) is 0 Å². The summed E-state index contributed by atoms with van der Waals surface area (Å²) in [5.41, 5.74) is 0. The van der Waals surface area contributed by atoms with Crippen molar-refractivity contribution in [3.63, 3.8) is 0 Å². The van der Waals surface area contributed by atoms with Crippen molar-refractivity contribution in [2.75, 3.05) is 19.6 Å². The number of likely N-dealkylation sites (tertiary alicyclic amines) is 1. The lowest BCUT2D eigenvalue weighted by atomic mass is 9.86. The molecule has 2 atom stereocenters. The van der Waals surface area contributed by atoms with Crippen molar-refractivity contribution >= 4 is 0 Å². The van der Waals surface area contributed by atoms with Crippen LogP contribution in [0.5, 0.6) is 0 Å². The van der Waals surface area contributed by atoms with E-state index in [-0.39, 0.29) is 0 Å². The molecular formula is C13H24N2. The molecular weight excluding hydrogens is 184 g/mol. The van der Waals surface area contributed by atoms with Gasteiger partial charge in [-0.3, -0.25) is 4.90 Å². The quantitative estimate of drug-likeness (QED) is 0.709. The average Bonchev–Trinajstić information content (AvgIpc) is 2.78. The van der Waals surface area contributed by atoms with Crippen LogP contribution in [-0.2, 0) is 0 Å². The third-order valence-electron chi connectivity index (χ3n) is 4.77. The summed E-state index contributed by atoms with van der Waals surface area (Å²) in [4.78, 5) is 2.87. The summed E-state index contributed by atoms with van der Waals surface area (Å²) in [6, 6.07) is 1.83. The van der Waals surface area contributed by atoms with Crippen LogP contribution in [0.1, 0.15) is 44.9 Å². The van der Waals surface area contributed by atoms with E-state index >= 15 is 0 Å². The zero-order chi connectivity index (χ0) is 10.1. The van der Waals surface area contributed by atoms with Crippen molar-refractivity contribution in [3.05, 3.63) is 0 Å². The molecule has 2 aliphatic heterocycles. The Labute approximate surface area is 93.4 Å². The molecule has 3 fully saturated rings. The van der Waals surface area contributed by atoms with Gasteiger partial charge < -0.3 is 5.32 Å². The van der Waals surface area contributed by atoms with Gasteiger partial charge in [0.05, 0.1) is 0 Å². The molecule has 1 saturated carbocycles. The molecule has 0 spiro atoms. The van der Waals surface area contributed by atoms with Crippen molar-refractivity contribution in [2.24, 2.45) is 5.92 Å². The van der Waals surface area contributed by atoms with Crippen LogP contribution in [0.2, 0.25) is 0 Å². The number of piperidine rings is 1. The first kappa shape index (κ1) is 10.1. The zero-order valence-corrected chi connectivity index (χ0v) is 9.75. The summed E-state index contributed by atoms with van der Waals surface area (Å²) >= 11 is 0. The van der Waals surface area contributed by atoms with Gasteiger partial charge in [0.25, 0.3) is 0 Å². The summed E-state index contributed by atoms with van der Waals surface area (Å²) in [5.74, 6) is 0.973. The summed E-state index contributed by atoms with van der Waals surface area (Å²) in [5, 5.41) is 3.59. The second-order valence-corrected chi connectivity index (χ2v) is 5.66. The van der Waals surface area contributed by atoms with Gasteiger partial charge in [-0.15, -0.1) is 0 Å². The second kappa shape index (κ2) is 4.42. The standard InChI is InChI=1S/C13H24N2/c1-2-6-12(7-3-1)15-8-4-5-11-9-14-10-13(11)15/h11-14H,1-10H2. The third-order valence-corrected chi connectivity index (χ3v) is 4.77. The van der Waals surface area contributed by atoms with Gasteiger partial charge in [0.1, 0.15) is 0 Å². The number of nitrogens with zero attached hydrogens (tertiary/aromatic N) is 1. The highest BCUT2D eigenvalue weighted by Crippen LogP contribution is 2.32. The molecule has 15 heavy (non-hydrogen) atoms. The first-order valence-corrected chi connectivity index (χ1v) is 6.91. The maximum atomic E-state index is 3.59. The van der Waals surface area contributed by atoms with E-state index in [9.17, 15) is 0 Å². The smallest absolute Gasteiger partial charge is 0.0263 e. The fraction of sp³-hybridized carbons (Fsp3) is 1.00. The molecule has 0 aromatic rings. The van der Waals surface area contributed by atoms with E-state index in [1.807, 2.05) is 0 Å². The van der Waals surface area contributed by atoms with Crippen LogP contribution >= 0.6 is 0 Å². The Kier molecular flexibility index (Phi) is 2.98.